The van der Waals surface area contributed by atoms with E-state index in [2.05, 4.69) is 0 Å². The second kappa shape index (κ2) is 10.8. The third-order valence-corrected chi connectivity index (χ3v) is 5.35. The van der Waals surface area contributed by atoms with Gasteiger partial charge >= 0.3 is 5.97 Å². The van der Waals surface area contributed by atoms with Gasteiger partial charge in [-0.1, -0.05) is 30.3 Å². The lowest BCUT2D eigenvalue weighted by atomic mass is 9.98. The summed E-state index contributed by atoms with van der Waals surface area (Å²) in [6.45, 7) is 1.02. The van der Waals surface area contributed by atoms with E-state index >= 15 is 0 Å². The predicted molar refractivity (Wildman–Crippen MR) is 107 cm³/mol. The zero-order valence-electron chi connectivity index (χ0n) is 17.2. The van der Waals surface area contributed by atoms with Gasteiger partial charge in [-0.3, -0.25) is 0 Å². The van der Waals surface area contributed by atoms with E-state index in [0.29, 0.717) is 0 Å². The number of ether oxygens (including phenoxy) is 4. The van der Waals surface area contributed by atoms with Gasteiger partial charge in [-0.25, -0.2) is 4.79 Å². The number of aliphatic hydroxyl groups excluding tert-OH is 6. The van der Waals surface area contributed by atoms with Crippen LogP contribution in [-0.4, -0.2) is 105 Å². The zero-order valence-corrected chi connectivity index (χ0v) is 17.2. The van der Waals surface area contributed by atoms with Crippen LogP contribution in [0.3, 0.4) is 0 Å². The van der Waals surface area contributed by atoms with Crippen LogP contribution in [0.5, 0.6) is 0 Å². The fourth-order valence-electron chi connectivity index (χ4n) is 3.37. The highest BCUT2D eigenvalue weighted by atomic mass is 16.7. The van der Waals surface area contributed by atoms with E-state index in [1.54, 1.807) is 24.3 Å². The molecule has 0 bridgehead atoms. The van der Waals surface area contributed by atoms with E-state index in [9.17, 15) is 35.4 Å². The average Bonchev–Trinajstić information content (AvgIpc) is 2.79. The molecule has 3 rings (SSSR count). The maximum atomic E-state index is 12.1. The van der Waals surface area contributed by atoms with Crippen molar-refractivity contribution in [1.82, 2.24) is 0 Å². The molecule has 0 aliphatic carbocycles. The van der Waals surface area contributed by atoms with Gasteiger partial charge in [0.1, 0.15) is 42.7 Å². The molecule has 0 aromatic heterocycles. The lowest BCUT2D eigenvalue weighted by Crippen LogP contribution is -2.61. The second-order valence-corrected chi connectivity index (χ2v) is 7.71. The number of benzene rings is 1. The molecule has 6 N–H and O–H groups in total. The summed E-state index contributed by atoms with van der Waals surface area (Å²) in [4.78, 5) is 12.1. The van der Waals surface area contributed by atoms with Crippen LogP contribution in [0.25, 0.3) is 6.08 Å². The van der Waals surface area contributed by atoms with Crippen LogP contribution < -0.4 is 0 Å². The van der Waals surface area contributed by atoms with E-state index in [0.717, 1.165) is 11.6 Å². The maximum absolute atomic E-state index is 12.1. The lowest BCUT2D eigenvalue weighted by Gasteiger charge is -2.42. The Kier molecular flexibility index (Phi) is 8.33. The largest absolute Gasteiger partial charge is 0.430 e. The summed E-state index contributed by atoms with van der Waals surface area (Å²) < 4.78 is 21.1. The summed E-state index contributed by atoms with van der Waals surface area (Å²) in [5.41, 5.74) is 0.740. The Morgan fingerprint density at radius 1 is 0.875 bits per heavy atom. The minimum atomic E-state index is -1.72. The van der Waals surface area contributed by atoms with Crippen molar-refractivity contribution in [2.45, 2.75) is 68.3 Å². The Balaban J connectivity index is 1.58. The Morgan fingerprint density at radius 3 is 2.19 bits per heavy atom. The molecule has 2 saturated heterocycles. The van der Waals surface area contributed by atoms with Gasteiger partial charge in [0.05, 0.1) is 12.7 Å². The SMILES string of the molecule is C[C@@H]1O[C@@H](OC[C@H]2O[C@@H](OC(=O)/C=C/c3ccccc3)[C@H](O)[C@@H](O)[C@@H]2O)[C@H](O)[C@H](O)[C@H]1O. The van der Waals surface area contributed by atoms with Gasteiger partial charge in [0.2, 0.25) is 6.29 Å². The highest BCUT2D eigenvalue weighted by Crippen LogP contribution is 2.26. The number of hydrogen-bond donors (Lipinski definition) is 6. The Bertz CT molecular complexity index is 772. The normalized spacial score (nSPS) is 40.3. The minimum absolute atomic E-state index is 0.448. The van der Waals surface area contributed by atoms with E-state index in [-0.39, 0.29) is 0 Å². The topological polar surface area (TPSA) is 175 Å². The van der Waals surface area contributed by atoms with Crippen molar-refractivity contribution in [3.05, 3.63) is 42.0 Å². The second-order valence-electron chi connectivity index (χ2n) is 7.71. The number of carbonyl (C=O) groups excluding carboxylic acids is 1. The molecule has 0 amide bonds. The summed E-state index contributed by atoms with van der Waals surface area (Å²) in [6, 6.07) is 8.92. The van der Waals surface area contributed by atoms with Gasteiger partial charge in [-0.2, -0.15) is 0 Å². The third-order valence-electron chi connectivity index (χ3n) is 5.35. The molecule has 2 aliphatic rings. The van der Waals surface area contributed by atoms with E-state index in [1.165, 1.54) is 13.0 Å². The van der Waals surface area contributed by atoms with Crippen LogP contribution in [0, 0.1) is 0 Å². The fraction of sp³-hybridized carbons (Fsp3) is 0.571. The van der Waals surface area contributed by atoms with Crippen LogP contribution in [0.4, 0.5) is 0 Å². The zero-order chi connectivity index (χ0) is 23.4. The van der Waals surface area contributed by atoms with Crippen LogP contribution in [-0.2, 0) is 23.7 Å². The summed E-state index contributed by atoms with van der Waals surface area (Å²) in [5, 5.41) is 60.0. The van der Waals surface area contributed by atoms with Gasteiger partial charge in [-0.05, 0) is 18.6 Å². The highest BCUT2D eigenvalue weighted by molar-refractivity contribution is 5.87. The summed E-state index contributed by atoms with van der Waals surface area (Å²) in [7, 11) is 0. The van der Waals surface area contributed by atoms with Gasteiger partial charge in [0.15, 0.2) is 6.29 Å². The summed E-state index contributed by atoms with van der Waals surface area (Å²) >= 11 is 0. The molecule has 0 saturated carbocycles. The Hall–Kier alpha value is -1.93. The molecule has 11 nitrogen and oxygen atoms in total. The number of rotatable bonds is 6. The van der Waals surface area contributed by atoms with Crippen LogP contribution in [0.15, 0.2) is 36.4 Å². The van der Waals surface area contributed by atoms with Gasteiger partial charge in [0.25, 0.3) is 0 Å². The van der Waals surface area contributed by atoms with Crippen molar-refractivity contribution < 1.29 is 54.4 Å². The maximum Gasteiger partial charge on any atom is 0.333 e. The molecule has 2 fully saturated rings. The van der Waals surface area contributed by atoms with Crippen LogP contribution in [0.2, 0.25) is 0 Å². The first-order valence-electron chi connectivity index (χ1n) is 10.1. The molecule has 2 aliphatic heterocycles. The quantitative estimate of drug-likeness (QED) is 0.204. The summed E-state index contributed by atoms with van der Waals surface area (Å²) in [5.74, 6) is -0.849. The first-order chi connectivity index (χ1) is 15.2. The standard InChI is InChI=1S/C21H28O11/c1-10-14(23)16(25)18(27)20(30-10)29-9-12-15(24)17(26)19(28)21(31-12)32-13(22)8-7-11-5-3-2-4-6-11/h2-8,10,12,14-21,23-28H,9H2,1H3/b8-7+/t10-,12+,14-,15+,16+,17-,18+,19+,20+,21-/m0/s1. The van der Waals surface area contributed by atoms with Crippen molar-refractivity contribution >= 4 is 12.0 Å². The lowest BCUT2D eigenvalue weighted by molar-refractivity contribution is -0.323. The molecule has 0 radical (unpaired) electrons. The molecular weight excluding hydrogens is 428 g/mol. The van der Waals surface area contributed by atoms with Crippen LogP contribution in [0.1, 0.15) is 12.5 Å². The number of esters is 1. The smallest absolute Gasteiger partial charge is 0.333 e. The van der Waals surface area contributed by atoms with E-state index < -0.39 is 74.0 Å². The molecular formula is C21H28O11. The molecule has 0 spiro atoms. The number of hydrogen-bond acceptors (Lipinski definition) is 11. The molecule has 1 aromatic carbocycles. The molecule has 11 heteroatoms. The Morgan fingerprint density at radius 2 is 1.50 bits per heavy atom. The van der Waals surface area contributed by atoms with Crippen molar-refractivity contribution in [2.75, 3.05) is 6.61 Å². The predicted octanol–water partition coefficient (Wildman–Crippen LogP) is -2.11. The molecule has 2 heterocycles. The van der Waals surface area contributed by atoms with Gasteiger partial charge in [0, 0.05) is 6.08 Å². The number of aliphatic hydroxyl groups is 6. The van der Waals surface area contributed by atoms with Crippen LogP contribution >= 0.6 is 0 Å². The number of carbonyl (C=O) groups is 1. The first kappa shape index (κ1) is 24.7. The van der Waals surface area contributed by atoms with Crippen molar-refractivity contribution in [1.29, 1.82) is 0 Å². The monoisotopic (exact) mass is 456 g/mol. The van der Waals surface area contributed by atoms with Crippen molar-refractivity contribution in [2.24, 2.45) is 0 Å². The molecule has 32 heavy (non-hydrogen) atoms. The molecule has 178 valence electrons. The van der Waals surface area contributed by atoms with E-state index in [4.69, 9.17) is 18.9 Å². The minimum Gasteiger partial charge on any atom is -0.430 e. The summed E-state index contributed by atoms with van der Waals surface area (Å²) in [6.07, 6.45) is -11.9. The van der Waals surface area contributed by atoms with Crippen molar-refractivity contribution in [3.8, 4) is 0 Å². The fourth-order valence-corrected chi connectivity index (χ4v) is 3.37. The highest BCUT2D eigenvalue weighted by Gasteiger charge is 2.47. The van der Waals surface area contributed by atoms with Gasteiger partial charge < -0.3 is 49.6 Å². The van der Waals surface area contributed by atoms with E-state index in [1.807, 2.05) is 6.07 Å². The average molecular weight is 456 g/mol. The molecule has 10 atom stereocenters. The van der Waals surface area contributed by atoms with Gasteiger partial charge in [-0.15, -0.1) is 0 Å². The first-order valence-corrected chi connectivity index (χ1v) is 10.1. The molecule has 1 aromatic rings. The Labute approximate surface area is 184 Å². The van der Waals surface area contributed by atoms with Crippen molar-refractivity contribution in [3.63, 3.8) is 0 Å². The molecule has 0 unspecified atom stereocenters. The third kappa shape index (κ3) is 5.70.